The smallest absolute Gasteiger partial charge is 0.326 e. The number of carbonyl (C=O) groups is 2. The van der Waals surface area contributed by atoms with Gasteiger partial charge >= 0.3 is 5.97 Å². The van der Waals surface area contributed by atoms with Gasteiger partial charge in [-0.2, -0.15) is 0 Å². The second kappa shape index (κ2) is 5.90. The molecule has 18 heavy (non-hydrogen) atoms. The first-order valence-electron chi connectivity index (χ1n) is 5.51. The predicted octanol–water partition coefficient (Wildman–Crippen LogP) is 1.08. The van der Waals surface area contributed by atoms with Crippen molar-refractivity contribution >= 4 is 11.9 Å². The van der Waals surface area contributed by atoms with Crippen LogP contribution in [-0.4, -0.2) is 33.2 Å². The number of aromatic hydroxyl groups is 2. The largest absolute Gasteiger partial charge is 0.508 e. The zero-order valence-electron chi connectivity index (χ0n) is 9.88. The van der Waals surface area contributed by atoms with E-state index in [9.17, 15) is 19.8 Å². The lowest BCUT2D eigenvalue weighted by Gasteiger charge is -2.14. The molecule has 6 nitrogen and oxygen atoms in total. The van der Waals surface area contributed by atoms with Crippen molar-refractivity contribution in [3.8, 4) is 11.5 Å². The summed E-state index contributed by atoms with van der Waals surface area (Å²) >= 11 is 0. The number of rotatable bonds is 5. The van der Waals surface area contributed by atoms with Crippen LogP contribution in [0.25, 0.3) is 0 Å². The van der Waals surface area contributed by atoms with Crippen LogP contribution in [0.2, 0.25) is 0 Å². The molecule has 1 amide bonds. The molecule has 0 unspecified atom stereocenters. The summed E-state index contributed by atoms with van der Waals surface area (Å²) < 4.78 is 0. The fraction of sp³-hybridized carbons (Fsp3) is 0.333. The van der Waals surface area contributed by atoms with E-state index in [1.54, 1.807) is 6.92 Å². The van der Waals surface area contributed by atoms with Crippen LogP contribution in [0.5, 0.6) is 11.5 Å². The van der Waals surface area contributed by atoms with E-state index >= 15 is 0 Å². The second-order valence-electron chi connectivity index (χ2n) is 3.85. The molecule has 1 atom stereocenters. The van der Waals surface area contributed by atoms with Crippen molar-refractivity contribution in [3.63, 3.8) is 0 Å². The second-order valence-corrected chi connectivity index (χ2v) is 3.85. The molecule has 0 bridgehead atoms. The maximum Gasteiger partial charge on any atom is 0.326 e. The van der Waals surface area contributed by atoms with Gasteiger partial charge in [0.2, 0.25) is 0 Å². The minimum Gasteiger partial charge on any atom is -0.508 e. The number of phenols is 2. The Morgan fingerprint density at radius 3 is 2.56 bits per heavy atom. The lowest BCUT2D eigenvalue weighted by atomic mass is 10.1. The van der Waals surface area contributed by atoms with Crippen molar-refractivity contribution in [2.24, 2.45) is 0 Å². The van der Waals surface area contributed by atoms with E-state index in [1.807, 2.05) is 0 Å². The first-order valence-corrected chi connectivity index (χ1v) is 5.51. The molecule has 0 aliphatic rings. The third-order valence-corrected chi connectivity index (χ3v) is 2.41. The number of amides is 1. The van der Waals surface area contributed by atoms with Gasteiger partial charge in [0.05, 0.1) is 5.56 Å². The van der Waals surface area contributed by atoms with Crippen molar-refractivity contribution in [3.05, 3.63) is 23.8 Å². The molecule has 0 heterocycles. The summed E-state index contributed by atoms with van der Waals surface area (Å²) in [6.45, 7) is 1.80. The van der Waals surface area contributed by atoms with Crippen LogP contribution in [0, 0.1) is 0 Å². The zero-order valence-corrected chi connectivity index (χ0v) is 9.88. The molecule has 98 valence electrons. The van der Waals surface area contributed by atoms with E-state index in [4.69, 9.17) is 5.11 Å². The Morgan fingerprint density at radius 2 is 2.00 bits per heavy atom. The highest BCUT2D eigenvalue weighted by molar-refractivity contribution is 5.99. The summed E-state index contributed by atoms with van der Waals surface area (Å²) in [7, 11) is 0. The van der Waals surface area contributed by atoms with Crippen LogP contribution in [0.3, 0.4) is 0 Å². The van der Waals surface area contributed by atoms with Gasteiger partial charge in [0.25, 0.3) is 5.91 Å². The number of nitrogens with one attached hydrogen (secondary N) is 1. The maximum absolute atomic E-state index is 11.8. The van der Waals surface area contributed by atoms with Crippen LogP contribution in [0.4, 0.5) is 0 Å². The third kappa shape index (κ3) is 3.38. The van der Waals surface area contributed by atoms with Gasteiger partial charge in [-0.3, -0.25) is 4.79 Å². The maximum atomic E-state index is 11.8. The summed E-state index contributed by atoms with van der Waals surface area (Å²) in [4.78, 5) is 22.6. The number of hydrogen-bond donors (Lipinski definition) is 4. The van der Waals surface area contributed by atoms with E-state index in [1.165, 1.54) is 12.1 Å². The quantitative estimate of drug-likeness (QED) is 0.587. The van der Waals surface area contributed by atoms with Gasteiger partial charge < -0.3 is 20.6 Å². The number of carbonyl (C=O) groups excluding carboxylic acids is 1. The summed E-state index contributed by atoms with van der Waals surface area (Å²) in [6, 6.07) is 2.46. The van der Waals surface area contributed by atoms with Crippen molar-refractivity contribution < 1.29 is 24.9 Å². The summed E-state index contributed by atoms with van der Waals surface area (Å²) in [6.07, 6.45) is 0.893. The molecule has 0 aliphatic heterocycles. The molecule has 0 aromatic heterocycles. The molecule has 0 spiro atoms. The predicted molar refractivity (Wildman–Crippen MR) is 63.6 cm³/mol. The lowest BCUT2D eigenvalue weighted by molar-refractivity contribution is -0.139. The Bertz CT molecular complexity index is 458. The van der Waals surface area contributed by atoms with Gasteiger partial charge in [-0.25, -0.2) is 4.79 Å². The number of aliphatic carboxylic acids is 1. The number of carboxylic acids is 1. The average Bonchev–Trinajstić information content (AvgIpc) is 2.31. The highest BCUT2D eigenvalue weighted by atomic mass is 16.4. The highest BCUT2D eigenvalue weighted by Crippen LogP contribution is 2.22. The molecule has 0 saturated heterocycles. The lowest BCUT2D eigenvalue weighted by Crippen LogP contribution is -2.40. The molecule has 0 aliphatic carbocycles. The van der Waals surface area contributed by atoms with Crippen molar-refractivity contribution in [1.29, 1.82) is 0 Å². The Kier molecular flexibility index (Phi) is 4.53. The van der Waals surface area contributed by atoms with Crippen LogP contribution in [0.15, 0.2) is 18.2 Å². The van der Waals surface area contributed by atoms with E-state index in [0.29, 0.717) is 12.8 Å². The summed E-state index contributed by atoms with van der Waals surface area (Å²) in [5, 5.41) is 29.9. The SMILES string of the molecule is CCC[C@H](NC(=O)c1cc(O)ccc1O)C(=O)O. The van der Waals surface area contributed by atoms with E-state index in [2.05, 4.69) is 5.32 Å². The van der Waals surface area contributed by atoms with Gasteiger partial charge in [0, 0.05) is 0 Å². The normalized spacial score (nSPS) is 11.8. The summed E-state index contributed by atoms with van der Waals surface area (Å²) in [5.41, 5.74) is -0.155. The number of carboxylic acid groups (broad SMARTS) is 1. The molecular weight excluding hydrogens is 238 g/mol. The Labute approximate surface area is 104 Å². The first kappa shape index (κ1) is 13.8. The third-order valence-electron chi connectivity index (χ3n) is 2.41. The average molecular weight is 253 g/mol. The van der Waals surface area contributed by atoms with Gasteiger partial charge in [0.15, 0.2) is 0 Å². The number of phenolic OH excluding ortho intramolecular Hbond substituents is 2. The molecule has 0 fully saturated rings. The van der Waals surface area contributed by atoms with Gasteiger partial charge in [-0.05, 0) is 24.6 Å². The van der Waals surface area contributed by atoms with Crippen LogP contribution < -0.4 is 5.32 Å². The fourth-order valence-corrected chi connectivity index (χ4v) is 1.49. The van der Waals surface area contributed by atoms with Gasteiger partial charge in [0.1, 0.15) is 17.5 Å². The molecule has 4 N–H and O–H groups in total. The van der Waals surface area contributed by atoms with Crippen LogP contribution >= 0.6 is 0 Å². The molecule has 0 radical (unpaired) electrons. The first-order chi connectivity index (χ1) is 8.45. The molecular formula is C12H15NO5. The van der Waals surface area contributed by atoms with Crippen molar-refractivity contribution in [2.45, 2.75) is 25.8 Å². The van der Waals surface area contributed by atoms with Crippen molar-refractivity contribution in [2.75, 3.05) is 0 Å². The van der Waals surface area contributed by atoms with E-state index in [0.717, 1.165) is 6.07 Å². The highest BCUT2D eigenvalue weighted by Gasteiger charge is 2.21. The minimum atomic E-state index is -1.13. The molecule has 1 rings (SSSR count). The number of hydrogen-bond acceptors (Lipinski definition) is 4. The molecule has 1 aromatic carbocycles. The molecule has 0 saturated carbocycles. The standard InChI is InChI=1S/C12H15NO5/c1-2-3-9(12(17)18)13-11(16)8-6-7(14)4-5-10(8)15/h4-6,9,14-15H,2-3H2,1H3,(H,13,16)(H,17,18)/t9-/m0/s1. The number of benzene rings is 1. The fourth-order valence-electron chi connectivity index (χ4n) is 1.49. The Hall–Kier alpha value is -2.24. The van der Waals surface area contributed by atoms with E-state index < -0.39 is 17.9 Å². The Balaban J connectivity index is 2.86. The van der Waals surface area contributed by atoms with E-state index in [-0.39, 0.29) is 17.1 Å². The molecule has 1 aromatic rings. The Morgan fingerprint density at radius 1 is 1.33 bits per heavy atom. The minimum absolute atomic E-state index is 0.155. The summed E-state index contributed by atoms with van der Waals surface area (Å²) in [5.74, 6) is -2.36. The molecule has 6 heteroatoms. The topological polar surface area (TPSA) is 107 Å². The monoisotopic (exact) mass is 253 g/mol. The van der Waals surface area contributed by atoms with Gasteiger partial charge in [-0.15, -0.1) is 0 Å². The van der Waals surface area contributed by atoms with Crippen molar-refractivity contribution in [1.82, 2.24) is 5.32 Å². The zero-order chi connectivity index (χ0) is 13.7. The van der Waals surface area contributed by atoms with Gasteiger partial charge in [-0.1, -0.05) is 13.3 Å². The van der Waals surface area contributed by atoms with Crippen LogP contribution in [-0.2, 0) is 4.79 Å². The van der Waals surface area contributed by atoms with Crippen LogP contribution in [0.1, 0.15) is 30.1 Å².